The van der Waals surface area contributed by atoms with Crippen LogP contribution in [0.5, 0.6) is 5.75 Å². The third kappa shape index (κ3) is 2.20. The van der Waals surface area contributed by atoms with Crippen LogP contribution in [0.1, 0.15) is 6.42 Å². The second-order valence-corrected chi connectivity index (χ2v) is 5.08. The molecule has 21 heavy (non-hydrogen) atoms. The van der Waals surface area contributed by atoms with E-state index in [0.29, 0.717) is 17.6 Å². The van der Waals surface area contributed by atoms with Gasteiger partial charge in [0.1, 0.15) is 5.75 Å². The first kappa shape index (κ1) is 13.4. The fourth-order valence-corrected chi connectivity index (χ4v) is 2.78. The predicted molar refractivity (Wildman–Crippen MR) is 78.1 cm³/mol. The van der Waals surface area contributed by atoms with E-state index in [1.54, 1.807) is 29.2 Å². The van der Waals surface area contributed by atoms with Crippen molar-refractivity contribution in [1.82, 2.24) is 0 Å². The minimum absolute atomic E-state index is 0.110. The van der Waals surface area contributed by atoms with Crippen LogP contribution >= 0.6 is 0 Å². The summed E-state index contributed by atoms with van der Waals surface area (Å²) in [5.74, 6) is -0.740. The van der Waals surface area contributed by atoms with Crippen LogP contribution in [0.4, 0.5) is 5.69 Å². The Labute approximate surface area is 121 Å². The molecule has 1 unspecified atom stereocenters. The van der Waals surface area contributed by atoms with Gasteiger partial charge in [-0.15, -0.1) is 0 Å². The molecule has 1 heterocycles. The molecule has 0 aliphatic carbocycles. The zero-order chi connectivity index (χ0) is 15.0. The van der Waals surface area contributed by atoms with Gasteiger partial charge >= 0.3 is 5.97 Å². The summed E-state index contributed by atoms with van der Waals surface area (Å²) in [4.78, 5) is 25.4. The molecule has 1 aliphatic rings. The molecule has 1 aliphatic heterocycles. The van der Waals surface area contributed by atoms with Crippen molar-refractivity contribution in [3.63, 3.8) is 0 Å². The number of amides is 1. The molecule has 0 spiro atoms. The number of nitrogens with zero attached hydrogens (tertiary/aromatic N) is 1. The van der Waals surface area contributed by atoms with E-state index in [1.165, 1.54) is 7.11 Å². The molecule has 0 aromatic heterocycles. The molecule has 1 amide bonds. The maximum Gasteiger partial charge on any atom is 0.311 e. The maximum absolute atomic E-state index is 12.2. The highest BCUT2D eigenvalue weighted by Gasteiger charge is 2.36. The van der Waals surface area contributed by atoms with Crippen LogP contribution in [0.2, 0.25) is 0 Å². The highest BCUT2D eigenvalue weighted by Crippen LogP contribution is 2.35. The molecule has 1 N–H and O–H groups in total. The van der Waals surface area contributed by atoms with Gasteiger partial charge in [-0.2, -0.15) is 0 Å². The normalized spacial score (nSPS) is 18.2. The average molecular weight is 285 g/mol. The van der Waals surface area contributed by atoms with Crippen molar-refractivity contribution in [2.24, 2.45) is 5.92 Å². The Morgan fingerprint density at radius 2 is 1.95 bits per heavy atom. The van der Waals surface area contributed by atoms with Crippen molar-refractivity contribution in [2.75, 3.05) is 18.6 Å². The van der Waals surface area contributed by atoms with Crippen LogP contribution in [0.25, 0.3) is 10.8 Å². The van der Waals surface area contributed by atoms with E-state index in [2.05, 4.69) is 0 Å². The van der Waals surface area contributed by atoms with Gasteiger partial charge in [-0.3, -0.25) is 9.59 Å². The number of carbonyl (C=O) groups is 2. The van der Waals surface area contributed by atoms with Crippen LogP contribution in [0, 0.1) is 5.92 Å². The van der Waals surface area contributed by atoms with Gasteiger partial charge in [0.25, 0.3) is 0 Å². The Balaban J connectivity index is 2.03. The zero-order valence-corrected chi connectivity index (χ0v) is 11.6. The van der Waals surface area contributed by atoms with Crippen LogP contribution in [-0.4, -0.2) is 30.6 Å². The van der Waals surface area contributed by atoms with E-state index in [-0.39, 0.29) is 24.0 Å². The second kappa shape index (κ2) is 5.09. The van der Waals surface area contributed by atoms with Gasteiger partial charge in [-0.1, -0.05) is 24.3 Å². The Morgan fingerprint density at radius 1 is 1.24 bits per heavy atom. The summed E-state index contributed by atoms with van der Waals surface area (Å²) in [7, 11) is 1.32. The number of hydrogen-bond donors (Lipinski definition) is 1. The molecule has 0 radical (unpaired) electrons. The molecule has 2 aromatic carbocycles. The summed E-state index contributed by atoms with van der Waals surface area (Å²) >= 11 is 0. The van der Waals surface area contributed by atoms with Gasteiger partial charge in [0.15, 0.2) is 0 Å². The van der Waals surface area contributed by atoms with E-state index >= 15 is 0 Å². The standard InChI is InChI=1S/C16H15NO4/c1-21-16(20)10-8-15(19)17(9-10)13-6-2-5-12-11(13)4-3-7-14(12)18/h2-7,10,18H,8-9H2,1H3. The minimum Gasteiger partial charge on any atom is -0.507 e. The number of anilines is 1. The number of hydrogen-bond acceptors (Lipinski definition) is 4. The minimum atomic E-state index is -0.435. The van der Waals surface area contributed by atoms with Crippen molar-refractivity contribution >= 4 is 28.3 Å². The Hall–Kier alpha value is -2.56. The number of esters is 1. The van der Waals surface area contributed by atoms with Crippen molar-refractivity contribution in [2.45, 2.75) is 6.42 Å². The summed E-state index contributed by atoms with van der Waals surface area (Å²) in [6, 6.07) is 10.6. The average Bonchev–Trinajstić information content (AvgIpc) is 2.88. The van der Waals surface area contributed by atoms with Gasteiger partial charge in [0.05, 0.1) is 18.7 Å². The lowest BCUT2D eigenvalue weighted by molar-refractivity contribution is -0.145. The third-order valence-corrected chi connectivity index (χ3v) is 3.83. The molecule has 1 fully saturated rings. The third-order valence-electron chi connectivity index (χ3n) is 3.83. The Morgan fingerprint density at radius 3 is 2.71 bits per heavy atom. The number of benzene rings is 2. The van der Waals surface area contributed by atoms with E-state index in [4.69, 9.17) is 4.74 Å². The summed E-state index contributed by atoms with van der Waals surface area (Å²) < 4.78 is 4.72. The molecule has 2 aromatic rings. The molecule has 1 atom stereocenters. The number of ether oxygens (including phenoxy) is 1. The quantitative estimate of drug-likeness (QED) is 0.858. The fourth-order valence-electron chi connectivity index (χ4n) is 2.78. The van der Waals surface area contributed by atoms with Crippen LogP contribution in [0.3, 0.4) is 0 Å². The van der Waals surface area contributed by atoms with Crippen molar-refractivity contribution in [3.05, 3.63) is 36.4 Å². The van der Waals surface area contributed by atoms with E-state index < -0.39 is 5.92 Å². The lowest BCUT2D eigenvalue weighted by atomic mass is 10.1. The van der Waals surface area contributed by atoms with Crippen LogP contribution < -0.4 is 4.90 Å². The monoisotopic (exact) mass is 285 g/mol. The molecule has 108 valence electrons. The van der Waals surface area contributed by atoms with Crippen LogP contribution in [0.15, 0.2) is 36.4 Å². The highest BCUT2D eigenvalue weighted by atomic mass is 16.5. The summed E-state index contributed by atoms with van der Waals surface area (Å²) in [5.41, 5.74) is 0.708. The molecule has 3 rings (SSSR count). The van der Waals surface area contributed by atoms with Gasteiger partial charge in [0.2, 0.25) is 5.91 Å². The lowest BCUT2D eigenvalue weighted by Gasteiger charge is -2.19. The molecule has 1 saturated heterocycles. The van der Waals surface area contributed by atoms with E-state index in [0.717, 1.165) is 5.39 Å². The number of rotatable bonds is 2. The Kier molecular flexibility index (Phi) is 3.25. The zero-order valence-electron chi connectivity index (χ0n) is 11.6. The first-order valence-corrected chi connectivity index (χ1v) is 6.70. The van der Waals surface area contributed by atoms with Gasteiger partial charge < -0.3 is 14.7 Å². The number of phenolic OH excluding ortho intramolecular Hbond substituents is 1. The Bertz CT molecular complexity index is 725. The van der Waals surface area contributed by atoms with Crippen LogP contribution in [-0.2, 0) is 14.3 Å². The fraction of sp³-hybridized carbons (Fsp3) is 0.250. The van der Waals surface area contributed by atoms with Crippen molar-refractivity contribution in [3.8, 4) is 5.75 Å². The summed E-state index contributed by atoms with van der Waals surface area (Å²) in [6.07, 6.45) is 0.155. The molecule has 0 saturated carbocycles. The molecule has 5 heteroatoms. The van der Waals surface area contributed by atoms with Gasteiger partial charge in [0, 0.05) is 23.7 Å². The largest absolute Gasteiger partial charge is 0.507 e. The van der Waals surface area contributed by atoms with Gasteiger partial charge in [-0.25, -0.2) is 0 Å². The first-order valence-electron chi connectivity index (χ1n) is 6.70. The highest BCUT2D eigenvalue weighted by molar-refractivity contribution is 6.07. The maximum atomic E-state index is 12.2. The summed E-state index contributed by atoms with van der Waals surface area (Å²) in [6.45, 7) is 0.306. The van der Waals surface area contributed by atoms with E-state index in [1.807, 2.05) is 12.1 Å². The summed E-state index contributed by atoms with van der Waals surface area (Å²) in [5, 5.41) is 11.4. The molecular formula is C16H15NO4. The second-order valence-electron chi connectivity index (χ2n) is 5.08. The topological polar surface area (TPSA) is 66.8 Å². The van der Waals surface area contributed by atoms with Crippen molar-refractivity contribution < 1.29 is 19.4 Å². The molecular weight excluding hydrogens is 270 g/mol. The number of methoxy groups -OCH3 is 1. The number of aromatic hydroxyl groups is 1. The smallest absolute Gasteiger partial charge is 0.311 e. The lowest BCUT2D eigenvalue weighted by Crippen LogP contribution is -2.26. The van der Waals surface area contributed by atoms with Crippen molar-refractivity contribution in [1.29, 1.82) is 0 Å². The number of fused-ring (bicyclic) bond motifs is 1. The SMILES string of the molecule is COC(=O)C1CC(=O)N(c2cccc3c(O)cccc23)C1. The molecule has 5 nitrogen and oxygen atoms in total. The molecule has 0 bridgehead atoms. The predicted octanol–water partition coefficient (Wildman–Crippen LogP) is 2.07. The first-order chi connectivity index (χ1) is 10.1. The van der Waals surface area contributed by atoms with Gasteiger partial charge in [-0.05, 0) is 12.1 Å². The number of phenols is 1. The van der Waals surface area contributed by atoms with E-state index in [9.17, 15) is 14.7 Å². The number of carbonyl (C=O) groups excluding carboxylic acids is 2.